The minimum atomic E-state index is 0.0960. The number of carbonyl (C=O) groups excluding carboxylic acids is 1. The van der Waals surface area contributed by atoms with E-state index in [0.717, 1.165) is 37.8 Å². The Kier molecular flexibility index (Phi) is 3.97. The van der Waals surface area contributed by atoms with Gasteiger partial charge in [0.05, 0.1) is 5.56 Å². The van der Waals surface area contributed by atoms with E-state index in [9.17, 15) is 4.79 Å². The third-order valence-corrected chi connectivity index (χ3v) is 3.87. The summed E-state index contributed by atoms with van der Waals surface area (Å²) in [5.74, 6) is 1.19. The van der Waals surface area contributed by atoms with Gasteiger partial charge in [-0.15, -0.1) is 0 Å². The molecule has 1 aliphatic rings. The maximum absolute atomic E-state index is 12.4. The highest BCUT2D eigenvalue weighted by Crippen LogP contribution is 2.31. The number of ketones is 1. The van der Waals surface area contributed by atoms with Crippen molar-refractivity contribution >= 4 is 11.6 Å². The monoisotopic (exact) mass is 247 g/mol. The summed E-state index contributed by atoms with van der Waals surface area (Å²) >= 11 is 0. The largest absolute Gasteiger partial charge is 0.383 e. The molecule has 0 aliphatic heterocycles. The third-order valence-electron chi connectivity index (χ3n) is 3.87. The zero-order valence-corrected chi connectivity index (χ0v) is 10.9. The molecule has 1 fully saturated rings. The molecule has 4 heteroatoms. The SMILES string of the molecule is Cc1cnc(N)c(C(=O)C2CCC(CN)CC2)c1. The van der Waals surface area contributed by atoms with Crippen molar-refractivity contribution < 1.29 is 4.79 Å². The van der Waals surface area contributed by atoms with Crippen LogP contribution in [-0.4, -0.2) is 17.3 Å². The molecule has 2 rings (SSSR count). The van der Waals surface area contributed by atoms with E-state index < -0.39 is 0 Å². The number of anilines is 1. The van der Waals surface area contributed by atoms with Crippen molar-refractivity contribution in [3.63, 3.8) is 0 Å². The fraction of sp³-hybridized carbons (Fsp3) is 0.571. The number of nitrogen functional groups attached to an aromatic ring is 1. The van der Waals surface area contributed by atoms with Gasteiger partial charge >= 0.3 is 0 Å². The minimum Gasteiger partial charge on any atom is -0.383 e. The highest BCUT2D eigenvalue weighted by atomic mass is 16.1. The molecule has 18 heavy (non-hydrogen) atoms. The lowest BCUT2D eigenvalue weighted by molar-refractivity contribution is 0.0874. The Labute approximate surface area is 108 Å². The van der Waals surface area contributed by atoms with Crippen LogP contribution in [0.2, 0.25) is 0 Å². The van der Waals surface area contributed by atoms with Crippen LogP contribution in [0, 0.1) is 18.8 Å². The summed E-state index contributed by atoms with van der Waals surface area (Å²) in [6.07, 6.45) is 5.64. The molecule has 1 aromatic rings. The molecule has 0 radical (unpaired) electrons. The fourth-order valence-corrected chi connectivity index (χ4v) is 2.66. The summed E-state index contributed by atoms with van der Waals surface area (Å²) in [6, 6.07) is 1.85. The van der Waals surface area contributed by atoms with Gasteiger partial charge in [-0.2, -0.15) is 0 Å². The second kappa shape index (κ2) is 5.48. The second-order valence-electron chi connectivity index (χ2n) is 5.26. The predicted octanol–water partition coefficient (Wildman–Crippen LogP) is 1.92. The summed E-state index contributed by atoms with van der Waals surface area (Å²) in [7, 11) is 0. The van der Waals surface area contributed by atoms with Gasteiger partial charge in [-0.25, -0.2) is 4.98 Å². The Morgan fingerprint density at radius 2 is 2.06 bits per heavy atom. The number of carbonyl (C=O) groups is 1. The van der Waals surface area contributed by atoms with Crippen LogP contribution in [0.1, 0.15) is 41.6 Å². The summed E-state index contributed by atoms with van der Waals surface area (Å²) in [5.41, 5.74) is 13.0. The molecule has 0 unspecified atom stereocenters. The molecule has 4 N–H and O–H groups in total. The minimum absolute atomic E-state index is 0.0960. The van der Waals surface area contributed by atoms with Crippen molar-refractivity contribution in [2.45, 2.75) is 32.6 Å². The van der Waals surface area contributed by atoms with Gasteiger partial charge in [0, 0.05) is 12.1 Å². The van der Waals surface area contributed by atoms with Crippen LogP contribution in [0.3, 0.4) is 0 Å². The molecule has 0 saturated heterocycles. The predicted molar refractivity (Wildman–Crippen MR) is 72.2 cm³/mol. The van der Waals surface area contributed by atoms with E-state index >= 15 is 0 Å². The van der Waals surface area contributed by atoms with Crippen LogP contribution >= 0.6 is 0 Å². The van der Waals surface area contributed by atoms with Gasteiger partial charge in [-0.05, 0) is 56.7 Å². The summed E-state index contributed by atoms with van der Waals surface area (Å²) in [4.78, 5) is 16.5. The van der Waals surface area contributed by atoms with E-state index in [1.807, 2.05) is 13.0 Å². The lowest BCUT2D eigenvalue weighted by Gasteiger charge is -2.26. The first-order valence-electron chi connectivity index (χ1n) is 6.58. The molecule has 0 amide bonds. The van der Waals surface area contributed by atoms with E-state index in [1.165, 1.54) is 0 Å². The highest BCUT2D eigenvalue weighted by Gasteiger charge is 2.27. The van der Waals surface area contributed by atoms with Gasteiger partial charge in [0.25, 0.3) is 0 Å². The molecular formula is C14H21N3O. The van der Waals surface area contributed by atoms with Crippen LogP contribution in [0.25, 0.3) is 0 Å². The Morgan fingerprint density at radius 3 is 2.67 bits per heavy atom. The first kappa shape index (κ1) is 13.0. The van der Waals surface area contributed by atoms with Crippen LogP contribution in [0.15, 0.2) is 12.3 Å². The second-order valence-corrected chi connectivity index (χ2v) is 5.26. The topological polar surface area (TPSA) is 82.0 Å². The highest BCUT2D eigenvalue weighted by molar-refractivity contribution is 6.01. The molecule has 1 aromatic heterocycles. The Hall–Kier alpha value is -1.42. The lowest BCUT2D eigenvalue weighted by atomic mass is 9.78. The first-order chi connectivity index (χ1) is 8.61. The van der Waals surface area contributed by atoms with Gasteiger partial charge in [0.2, 0.25) is 0 Å². The molecule has 0 bridgehead atoms. The van der Waals surface area contributed by atoms with E-state index in [2.05, 4.69) is 4.98 Å². The van der Waals surface area contributed by atoms with Gasteiger partial charge in [-0.1, -0.05) is 0 Å². The molecule has 0 aromatic carbocycles. The third kappa shape index (κ3) is 2.70. The normalized spacial score (nSPS) is 23.9. The maximum atomic E-state index is 12.4. The van der Waals surface area contributed by atoms with Crippen molar-refractivity contribution in [2.24, 2.45) is 17.6 Å². The number of pyridine rings is 1. The molecule has 1 saturated carbocycles. The molecule has 1 aliphatic carbocycles. The number of aromatic nitrogens is 1. The number of hydrogen-bond donors (Lipinski definition) is 2. The summed E-state index contributed by atoms with van der Waals surface area (Å²) in [5, 5.41) is 0. The first-order valence-corrected chi connectivity index (χ1v) is 6.58. The van der Waals surface area contributed by atoms with Gasteiger partial charge in [0.1, 0.15) is 5.82 Å². The van der Waals surface area contributed by atoms with Crippen molar-refractivity contribution in [3.05, 3.63) is 23.4 Å². The van der Waals surface area contributed by atoms with Crippen molar-refractivity contribution in [1.29, 1.82) is 0 Å². The van der Waals surface area contributed by atoms with Crippen molar-refractivity contribution in [2.75, 3.05) is 12.3 Å². The van der Waals surface area contributed by atoms with Crippen molar-refractivity contribution in [1.82, 2.24) is 4.98 Å². The molecule has 0 spiro atoms. The molecular weight excluding hydrogens is 226 g/mol. The summed E-state index contributed by atoms with van der Waals surface area (Å²) in [6.45, 7) is 2.66. The van der Waals surface area contributed by atoms with Gasteiger partial charge < -0.3 is 11.5 Å². The zero-order chi connectivity index (χ0) is 13.1. The maximum Gasteiger partial charge on any atom is 0.169 e. The van der Waals surface area contributed by atoms with E-state index in [1.54, 1.807) is 6.20 Å². The van der Waals surface area contributed by atoms with E-state index in [-0.39, 0.29) is 11.7 Å². The fourth-order valence-electron chi connectivity index (χ4n) is 2.66. The Balaban J connectivity index is 2.10. The Morgan fingerprint density at radius 1 is 1.39 bits per heavy atom. The Bertz CT molecular complexity index is 437. The number of aryl methyl sites for hydroxylation is 1. The van der Waals surface area contributed by atoms with Gasteiger partial charge in [-0.3, -0.25) is 4.79 Å². The number of nitrogens with two attached hydrogens (primary N) is 2. The molecule has 1 heterocycles. The van der Waals surface area contributed by atoms with E-state index in [4.69, 9.17) is 11.5 Å². The number of nitrogens with zero attached hydrogens (tertiary/aromatic N) is 1. The average Bonchev–Trinajstić information content (AvgIpc) is 2.41. The van der Waals surface area contributed by atoms with Crippen LogP contribution in [-0.2, 0) is 0 Å². The van der Waals surface area contributed by atoms with Crippen LogP contribution < -0.4 is 11.5 Å². The quantitative estimate of drug-likeness (QED) is 0.799. The number of Topliss-reactive ketones (excluding diaryl/α,β-unsaturated/α-hetero) is 1. The smallest absolute Gasteiger partial charge is 0.169 e. The van der Waals surface area contributed by atoms with Crippen LogP contribution in [0.4, 0.5) is 5.82 Å². The molecule has 0 atom stereocenters. The molecule has 4 nitrogen and oxygen atoms in total. The standard InChI is InChI=1S/C14H21N3O/c1-9-6-12(14(16)17-8-9)13(18)11-4-2-10(7-15)3-5-11/h6,8,10-11H,2-5,7,15H2,1H3,(H2,16,17). The van der Waals surface area contributed by atoms with Gasteiger partial charge in [0.15, 0.2) is 5.78 Å². The van der Waals surface area contributed by atoms with E-state index in [0.29, 0.717) is 17.3 Å². The van der Waals surface area contributed by atoms with Crippen molar-refractivity contribution in [3.8, 4) is 0 Å². The zero-order valence-electron chi connectivity index (χ0n) is 10.9. The lowest BCUT2D eigenvalue weighted by Crippen LogP contribution is -2.26. The van der Waals surface area contributed by atoms with Crippen LogP contribution in [0.5, 0.6) is 0 Å². The molecule has 98 valence electrons. The number of hydrogen-bond acceptors (Lipinski definition) is 4. The average molecular weight is 247 g/mol. The summed E-state index contributed by atoms with van der Waals surface area (Å²) < 4.78 is 0. The number of rotatable bonds is 3.